The van der Waals surface area contributed by atoms with Crippen LogP contribution in [0.1, 0.15) is 17.5 Å². The quantitative estimate of drug-likeness (QED) is 0.263. The highest BCUT2D eigenvalue weighted by molar-refractivity contribution is 5.91. The van der Waals surface area contributed by atoms with Gasteiger partial charge in [-0.05, 0) is 17.7 Å². The van der Waals surface area contributed by atoms with Gasteiger partial charge in [-0.25, -0.2) is 4.39 Å². The molecule has 0 aliphatic carbocycles. The molecule has 0 aliphatic heterocycles. The highest BCUT2D eigenvalue weighted by Gasteiger charge is 2.33. The summed E-state index contributed by atoms with van der Waals surface area (Å²) in [6.45, 7) is -0.534. The topological polar surface area (TPSA) is 82.0 Å². The van der Waals surface area contributed by atoms with E-state index in [0.29, 0.717) is 12.1 Å². The third-order valence-corrected chi connectivity index (χ3v) is 3.14. The van der Waals surface area contributed by atoms with E-state index in [2.05, 4.69) is 10.3 Å². The second-order valence-corrected chi connectivity index (χ2v) is 5.21. The van der Waals surface area contributed by atoms with Gasteiger partial charge in [0.1, 0.15) is 11.6 Å². The Labute approximate surface area is 146 Å². The van der Waals surface area contributed by atoms with Crippen LogP contribution in [0.3, 0.4) is 0 Å². The Hall–Kier alpha value is -2.91. The van der Waals surface area contributed by atoms with Gasteiger partial charge in [-0.3, -0.25) is 14.6 Å². The fourth-order valence-corrected chi connectivity index (χ4v) is 1.92. The molecule has 2 N–H and O–H groups in total. The number of hydrogen-bond donors (Lipinski definition) is 2. The Morgan fingerprint density at radius 3 is 2.58 bits per heavy atom. The fraction of sp³-hybridized carbons (Fsp3) is 0.312. The van der Waals surface area contributed by atoms with Crippen LogP contribution in [0.2, 0.25) is 0 Å². The summed E-state index contributed by atoms with van der Waals surface area (Å²) in [5, 5.41) is 11.7. The van der Waals surface area contributed by atoms with Crippen molar-refractivity contribution < 1.29 is 32.3 Å². The van der Waals surface area contributed by atoms with Gasteiger partial charge < -0.3 is 15.3 Å². The first kappa shape index (κ1) is 21.1. The number of alkyl halides is 3. The molecule has 0 fully saturated rings. The number of carbonyl (C=O) groups is 2. The van der Waals surface area contributed by atoms with E-state index < -0.39 is 48.1 Å². The smallest absolute Gasteiger partial charge is 0.416 e. The molecule has 26 heavy (non-hydrogen) atoms. The molecular weight excluding hydrogens is 358 g/mol. The summed E-state index contributed by atoms with van der Waals surface area (Å²) < 4.78 is 51.6. The maximum atomic E-state index is 13.0. The van der Waals surface area contributed by atoms with Crippen molar-refractivity contribution in [3.63, 3.8) is 0 Å². The Morgan fingerprint density at radius 1 is 1.35 bits per heavy atom. The van der Waals surface area contributed by atoms with Crippen molar-refractivity contribution in [3.8, 4) is 0 Å². The van der Waals surface area contributed by atoms with Gasteiger partial charge in [-0.2, -0.15) is 13.2 Å². The summed E-state index contributed by atoms with van der Waals surface area (Å²) in [4.78, 5) is 28.0. The number of halogens is 4. The summed E-state index contributed by atoms with van der Waals surface area (Å²) >= 11 is 0. The van der Waals surface area contributed by atoms with Crippen LogP contribution in [-0.4, -0.2) is 42.3 Å². The lowest BCUT2D eigenvalue weighted by molar-refractivity contribution is -0.138. The SMILES string of the molecule is CN=CN(C)C(=O)C/C(O)=C/C(=O)NCc1ccc(F)cc1C(F)(F)F. The zero-order valence-electron chi connectivity index (χ0n) is 14.0. The molecule has 0 aromatic heterocycles. The van der Waals surface area contributed by atoms with Crippen LogP contribution in [-0.2, 0) is 22.3 Å². The average molecular weight is 375 g/mol. The van der Waals surface area contributed by atoms with Gasteiger partial charge in [-0.15, -0.1) is 0 Å². The number of nitrogens with zero attached hydrogens (tertiary/aromatic N) is 2. The number of aliphatic imine (C=N–C) groups is 1. The van der Waals surface area contributed by atoms with Crippen molar-refractivity contribution in [2.45, 2.75) is 19.1 Å². The first-order chi connectivity index (χ1) is 12.0. The molecule has 0 bridgehead atoms. The predicted molar refractivity (Wildman–Crippen MR) is 85.8 cm³/mol. The second kappa shape index (κ2) is 8.97. The van der Waals surface area contributed by atoms with E-state index in [4.69, 9.17) is 0 Å². The molecule has 0 spiro atoms. The van der Waals surface area contributed by atoms with Gasteiger partial charge in [-0.1, -0.05) is 6.07 Å². The molecule has 0 aliphatic rings. The Bertz CT molecular complexity index is 730. The minimum Gasteiger partial charge on any atom is -0.512 e. The molecular formula is C16H17F4N3O3. The van der Waals surface area contributed by atoms with Crippen LogP contribution >= 0.6 is 0 Å². The van der Waals surface area contributed by atoms with E-state index in [0.717, 1.165) is 17.0 Å². The number of rotatable bonds is 6. The van der Waals surface area contributed by atoms with Gasteiger partial charge >= 0.3 is 6.18 Å². The highest BCUT2D eigenvalue weighted by atomic mass is 19.4. The summed E-state index contributed by atoms with van der Waals surface area (Å²) in [5.41, 5.74) is -1.54. The summed E-state index contributed by atoms with van der Waals surface area (Å²) in [6, 6.07) is 2.08. The number of aliphatic hydroxyl groups is 1. The van der Waals surface area contributed by atoms with E-state index >= 15 is 0 Å². The minimum atomic E-state index is -4.78. The third kappa shape index (κ3) is 6.54. The molecule has 142 valence electrons. The highest BCUT2D eigenvalue weighted by Crippen LogP contribution is 2.32. The Kier molecular flexibility index (Phi) is 7.29. The Morgan fingerprint density at radius 2 is 2.00 bits per heavy atom. The lowest BCUT2D eigenvalue weighted by Gasteiger charge is -2.13. The van der Waals surface area contributed by atoms with E-state index in [1.165, 1.54) is 20.4 Å². The molecule has 0 heterocycles. The summed E-state index contributed by atoms with van der Waals surface area (Å²) in [7, 11) is 2.84. The maximum absolute atomic E-state index is 13.0. The molecule has 0 atom stereocenters. The second-order valence-electron chi connectivity index (χ2n) is 5.21. The van der Waals surface area contributed by atoms with Crippen LogP contribution < -0.4 is 5.32 Å². The largest absolute Gasteiger partial charge is 0.512 e. The van der Waals surface area contributed by atoms with E-state index in [1.807, 2.05) is 0 Å². The number of carbonyl (C=O) groups excluding carboxylic acids is 2. The van der Waals surface area contributed by atoms with Gasteiger partial charge in [0, 0.05) is 26.7 Å². The molecule has 0 saturated carbocycles. The molecule has 10 heteroatoms. The van der Waals surface area contributed by atoms with Gasteiger partial charge in [0.2, 0.25) is 11.8 Å². The van der Waals surface area contributed by atoms with Crippen LogP contribution in [0.5, 0.6) is 0 Å². The lowest BCUT2D eigenvalue weighted by Crippen LogP contribution is -2.26. The van der Waals surface area contributed by atoms with Gasteiger partial charge in [0.15, 0.2) is 0 Å². The molecule has 1 aromatic carbocycles. The number of benzene rings is 1. The van der Waals surface area contributed by atoms with Gasteiger partial charge in [0.25, 0.3) is 0 Å². The van der Waals surface area contributed by atoms with Crippen molar-refractivity contribution in [1.29, 1.82) is 0 Å². The molecule has 1 rings (SSSR count). The van der Waals surface area contributed by atoms with Crippen molar-refractivity contribution in [1.82, 2.24) is 10.2 Å². The maximum Gasteiger partial charge on any atom is 0.416 e. The minimum absolute atomic E-state index is 0.332. The molecule has 1 aromatic rings. The monoisotopic (exact) mass is 375 g/mol. The van der Waals surface area contributed by atoms with Crippen molar-refractivity contribution in [3.05, 3.63) is 47.0 Å². The first-order valence-electron chi connectivity index (χ1n) is 7.25. The standard InChI is InChI=1S/C16H17F4N3O3/c1-21-9-23(2)15(26)7-12(24)6-14(25)22-8-10-3-4-11(17)5-13(10)16(18,19)20/h3-6,9,24H,7-8H2,1-2H3,(H,22,25)/b12-6-,21-9?. The third-order valence-electron chi connectivity index (χ3n) is 3.14. The Balaban J connectivity index is 2.74. The zero-order chi connectivity index (χ0) is 19.9. The molecule has 2 amide bonds. The zero-order valence-corrected chi connectivity index (χ0v) is 14.0. The van der Waals surface area contributed by atoms with E-state index in [-0.39, 0.29) is 5.56 Å². The number of hydrogen-bond acceptors (Lipinski definition) is 4. The number of aliphatic hydroxyl groups excluding tert-OH is 1. The predicted octanol–water partition coefficient (Wildman–Crippen LogP) is 2.41. The molecule has 6 nitrogen and oxygen atoms in total. The molecule has 0 radical (unpaired) electrons. The summed E-state index contributed by atoms with van der Waals surface area (Å²) in [5.74, 6) is -3.07. The first-order valence-corrected chi connectivity index (χ1v) is 7.25. The molecule has 0 saturated heterocycles. The van der Waals surface area contributed by atoms with Crippen molar-refractivity contribution in [2.75, 3.05) is 14.1 Å². The molecule has 0 unspecified atom stereocenters. The number of amides is 2. The van der Waals surface area contributed by atoms with Crippen molar-refractivity contribution in [2.24, 2.45) is 4.99 Å². The van der Waals surface area contributed by atoms with Crippen LogP contribution in [0, 0.1) is 5.82 Å². The average Bonchev–Trinajstić information content (AvgIpc) is 2.52. The van der Waals surface area contributed by atoms with Crippen LogP contribution in [0.15, 0.2) is 35.0 Å². The van der Waals surface area contributed by atoms with Gasteiger partial charge in [0.05, 0.1) is 18.3 Å². The van der Waals surface area contributed by atoms with E-state index in [1.54, 1.807) is 0 Å². The van der Waals surface area contributed by atoms with Crippen molar-refractivity contribution >= 4 is 18.2 Å². The fourth-order valence-electron chi connectivity index (χ4n) is 1.92. The van der Waals surface area contributed by atoms with E-state index in [9.17, 15) is 32.3 Å². The number of nitrogens with one attached hydrogen (secondary N) is 1. The van der Waals surface area contributed by atoms with Crippen LogP contribution in [0.4, 0.5) is 17.6 Å². The van der Waals surface area contributed by atoms with Crippen LogP contribution in [0.25, 0.3) is 0 Å². The lowest BCUT2D eigenvalue weighted by atomic mass is 10.1. The summed E-state index contributed by atoms with van der Waals surface area (Å²) in [6.07, 6.45) is -3.37. The normalized spacial score (nSPS) is 12.3.